The van der Waals surface area contributed by atoms with Crippen molar-refractivity contribution in [2.24, 2.45) is 0 Å². The molecule has 0 spiro atoms. The summed E-state index contributed by atoms with van der Waals surface area (Å²) < 4.78 is 27.7. The Labute approximate surface area is 161 Å². The largest absolute Gasteiger partial charge is 0.354 e. The van der Waals surface area contributed by atoms with E-state index in [4.69, 9.17) is 11.6 Å². The Morgan fingerprint density at radius 3 is 2.48 bits per heavy atom. The van der Waals surface area contributed by atoms with Crippen molar-refractivity contribution in [3.8, 4) is 11.3 Å². The maximum absolute atomic E-state index is 14.1. The van der Waals surface area contributed by atoms with Crippen molar-refractivity contribution >= 4 is 28.3 Å². The average molecular weight is 389 g/mol. The fraction of sp³-hybridized carbons (Fsp3) is 0.300. The predicted molar refractivity (Wildman–Crippen MR) is 104 cm³/mol. The fourth-order valence-corrected chi connectivity index (χ4v) is 3.67. The predicted octanol–water partition coefficient (Wildman–Crippen LogP) is 4.29. The lowest BCUT2D eigenvalue weighted by atomic mass is 10.0. The van der Waals surface area contributed by atoms with E-state index < -0.39 is 11.6 Å². The molecule has 27 heavy (non-hydrogen) atoms. The number of pyridine rings is 2. The van der Waals surface area contributed by atoms with Gasteiger partial charge in [0.25, 0.3) is 0 Å². The van der Waals surface area contributed by atoms with Gasteiger partial charge in [0, 0.05) is 50.1 Å². The quantitative estimate of drug-likeness (QED) is 0.655. The zero-order valence-corrected chi connectivity index (χ0v) is 15.9. The minimum Gasteiger partial charge on any atom is -0.354 e. The SMILES string of the molecule is Cc1c(-c2ccc(N3CCN(C)CC3)nc2)nc2cc(F)cc(F)c2c1Cl. The van der Waals surface area contributed by atoms with Gasteiger partial charge in [0.1, 0.15) is 17.5 Å². The third-order valence-electron chi connectivity index (χ3n) is 5.02. The van der Waals surface area contributed by atoms with Gasteiger partial charge in [-0.2, -0.15) is 0 Å². The first-order chi connectivity index (χ1) is 12.9. The molecule has 3 aromatic rings. The lowest BCUT2D eigenvalue weighted by Crippen LogP contribution is -2.44. The van der Waals surface area contributed by atoms with Gasteiger partial charge < -0.3 is 9.80 Å². The molecule has 0 N–H and O–H groups in total. The molecule has 0 saturated carbocycles. The molecule has 0 aliphatic carbocycles. The molecule has 7 heteroatoms. The summed E-state index contributed by atoms with van der Waals surface area (Å²) >= 11 is 6.37. The van der Waals surface area contributed by atoms with E-state index in [1.54, 1.807) is 13.1 Å². The van der Waals surface area contributed by atoms with Crippen LogP contribution in [0, 0.1) is 18.6 Å². The Balaban J connectivity index is 1.73. The Bertz CT molecular complexity index is 999. The summed E-state index contributed by atoms with van der Waals surface area (Å²) in [6.07, 6.45) is 1.74. The minimum atomic E-state index is -0.708. The number of aromatic nitrogens is 2. The zero-order chi connectivity index (χ0) is 19.1. The van der Waals surface area contributed by atoms with E-state index in [1.165, 1.54) is 6.07 Å². The van der Waals surface area contributed by atoms with Crippen LogP contribution in [0.25, 0.3) is 22.2 Å². The van der Waals surface area contributed by atoms with Crippen molar-refractivity contribution in [2.75, 3.05) is 38.1 Å². The maximum Gasteiger partial charge on any atom is 0.137 e. The summed E-state index contributed by atoms with van der Waals surface area (Å²) in [6.45, 7) is 5.64. The van der Waals surface area contributed by atoms with Gasteiger partial charge in [-0.3, -0.25) is 0 Å². The molecule has 3 heterocycles. The van der Waals surface area contributed by atoms with Crippen LogP contribution < -0.4 is 4.90 Å². The van der Waals surface area contributed by atoms with Crippen LogP contribution in [0.15, 0.2) is 30.5 Å². The molecule has 1 aliphatic heterocycles. The van der Waals surface area contributed by atoms with Crippen LogP contribution in [-0.4, -0.2) is 48.1 Å². The molecule has 2 aromatic heterocycles. The second-order valence-corrected chi connectivity index (χ2v) is 7.25. The number of rotatable bonds is 2. The van der Waals surface area contributed by atoms with Crippen molar-refractivity contribution in [2.45, 2.75) is 6.92 Å². The van der Waals surface area contributed by atoms with Crippen LogP contribution in [0.1, 0.15) is 5.56 Å². The summed E-state index contributed by atoms with van der Waals surface area (Å²) in [5, 5.41) is 0.386. The number of nitrogens with zero attached hydrogens (tertiary/aromatic N) is 4. The highest BCUT2D eigenvalue weighted by Gasteiger charge is 2.18. The molecule has 4 rings (SSSR count). The number of piperazine rings is 1. The molecule has 4 nitrogen and oxygen atoms in total. The summed E-state index contributed by atoms with van der Waals surface area (Å²) in [6, 6.07) is 5.89. The number of hydrogen-bond donors (Lipinski definition) is 0. The highest BCUT2D eigenvalue weighted by atomic mass is 35.5. The van der Waals surface area contributed by atoms with E-state index in [0.29, 0.717) is 11.3 Å². The molecule has 0 unspecified atom stereocenters. The van der Waals surface area contributed by atoms with E-state index >= 15 is 0 Å². The molecule has 0 atom stereocenters. The van der Waals surface area contributed by atoms with Crippen molar-refractivity contribution in [1.82, 2.24) is 14.9 Å². The summed E-state index contributed by atoms with van der Waals surface area (Å²) in [4.78, 5) is 13.5. The standard InChI is InChI=1S/C20H19ClF2N4/c1-12-19(21)18-15(23)9-14(22)10-16(18)25-20(12)13-3-4-17(24-11-13)27-7-5-26(2)6-8-27/h3-4,9-11H,5-8H2,1-2H3. The maximum atomic E-state index is 14.1. The number of anilines is 1. The number of likely N-dealkylation sites (N-methyl/N-ethyl adjacent to an activating group) is 1. The van der Waals surface area contributed by atoms with Crippen LogP contribution in [0.3, 0.4) is 0 Å². The summed E-state index contributed by atoms with van der Waals surface area (Å²) in [5.74, 6) is -0.476. The van der Waals surface area contributed by atoms with Crippen molar-refractivity contribution in [3.63, 3.8) is 0 Å². The monoisotopic (exact) mass is 388 g/mol. The van der Waals surface area contributed by atoms with Gasteiger partial charge in [-0.15, -0.1) is 0 Å². The van der Waals surface area contributed by atoms with Crippen LogP contribution in [0.4, 0.5) is 14.6 Å². The Kier molecular flexibility index (Phi) is 4.70. The Morgan fingerprint density at radius 1 is 1.07 bits per heavy atom. The first kappa shape index (κ1) is 18.1. The van der Waals surface area contributed by atoms with E-state index in [9.17, 15) is 8.78 Å². The lowest BCUT2D eigenvalue weighted by Gasteiger charge is -2.33. The second kappa shape index (κ2) is 7.02. The summed E-state index contributed by atoms with van der Waals surface area (Å²) in [7, 11) is 2.11. The first-order valence-electron chi connectivity index (χ1n) is 8.79. The van der Waals surface area contributed by atoms with Gasteiger partial charge in [0.05, 0.1) is 21.6 Å². The molecule has 1 fully saturated rings. The van der Waals surface area contributed by atoms with Crippen LogP contribution in [0.2, 0.25) is 5.02 Å². The fourth-order valence-electron chi connectivity index (χ4n) is 3.39. The van der Waals surface area contributed by atoms with Gasteiger partial charge in [-0.25, -0.2) is 18.7 Å². The smallest absolute Gasteiger partial charge is 0.137 e. The molecule has 0 bridgehead atoms. The van der Waals surface area contributed by atoms with Gasteiger partial charge >= 0.3 is 0 Å². The Morgan fingerprint density at radius 2 is 1.81 bits per heavy atom. The van der Waals surface area contributed by atoms with E-state index in [-0.39, 0.29) is 15.9 Å². The Hall–Kier alpha value is -2.31. The lowest BCUT2D eigenvalue weighted by molar-refractivity contribution is 0.312. The van der Waals surface area contributed by atoms with Crippen LogP contribution in [0.5, 0.6) is 0 Å². The molecule has 140 valence electrons. The van der Waals surface area contributed by atoms with Gasteiger partial charge in [0.15, 0.2) is 0 Å². The van der Waals surface area contributed by atoms with Gasteiger partial charge in [-0.05, 0) is 31.7 Å². The number of fused-ring (bicyclic) bond motifs is 1. The normalized spacial score (nSPS) is 15.5. The molecular weight excluding hydrogens is 370 g/mol. The number of hydrogen-bond acceptors (Lipinski definition) is 4. The van der Waals surface area contributed by atoms with Gasteiger partial charge in [-0.1, -0.05) is 11.6 Å². The molecule has 1 aromatic carbocycles. The highest BCUT2D eigenvalue weighted by Crippen LogP contribution is 2.34. The molecule has 1 aliphatic rings. The van der Waals surface area contributed by atoms with Gasteiger partial charge in [0.2, 0.25) is 0 Å². The average Bonchev–Trinajstić information content (AvgIpc) is 2.65. The minimum absolute atomic E-state index is 0.140. The van der Waals surface area contributed by atoms with E-state index in [2.05, 4.69) is 26.8 Å². The third kappa shape index (κ3) is 3.35. The molecule has 0 radical (unpaired) electrons. The summed E-state index contributed by atoms with van der Waals surface area (Å²) in [5.41, 5.74) is 2.18. The number of halogens is 3. The van der Waals surface area contributed by atoms with Crippen molar-refractivity contribution in [3.05, 3.63) is 52.7 Å². The second-order valence-electron chi connectivity index (χ2n) is 6.88. The first-order valence-corrected chi connectivity index (χ1v) is 9.16. The molecular formula is C20H19ClF2N4. The van der Waals surface area contributed by atoms with E-state index in [0.717, 1.165) is 43.6 Å². The van der Waals surface area contributed by atoms with Crippen LogP contribution in [-0.2, 0) is 0 Å². The van der Waals surface area contributed by atoms with Crippen LogP contribution >= 0.6 is 11.6 Å². The highest BCUT2D eigenvalue weighted by molar-refractivity contribution is 6.36. The molecule has 1 saturated heterocycles. The topological polar surface area (TPSA) is 32.3 Å². The number of benzene rings is 1. The zero-order valence-electron chi connectivity index (χ0n) is 15.1. The third-order valence-corrected chi connectivity index (χ3v) is 5.49. The van der Waals surface area contributed by atoms with Crippen molar-refractivity contribution in [1.29, 1.82) is 0 Å². The molecule has 0 amide bonds. The van der Waals surface area contributed by atoms with Crippen molar-refractivity contribution < 1.29 is 8.78 Å². The van der Waals surface area contributed by atoms with E-state index in [1.807, 2.05) is 12.1 Å².